The van der Waals surface area contributed by atoms with Crippen LogP contribution in [0.5, 0.6) is 0 Å². The van der Waals surface area contributed by atoms with E-state index in [1.807, 2.05) is 23.9 Å². The van der Waals surface area contributed by atoms with Crippen molar-refractivity contribution in [3.63, 3.8) is 0 Å². The number of Topliss-reactive ketones (excluding diaryl/α,β-unsaturated/α-hetero) is 1. The number of carbonyl (C=O) groups excluding carboxylic acids is 1. The second-order valence-corrected chi connectivity index (χ2v) is 7.53. The summed E-state index contributed by atoms with van der Waals surface area (Å²) in [4.78, 5) is 17.1. The van der Waals surface area contributed by atoms with Gasteiger partial charge in [-0.2, -0.15) is 0 Å². The summed E-state index contributed by atoms with van der Waals surface area (Å²) in [5, 5.41) is 0. The summed E-state index contributed by atoms with van der Waals surface area (Å²) >= 11 is 0. The zero-order chi connectivity index (χ0) is 21.8. The predicted octanol–water partition coefficient (Wildman–Crippen LogP) is 4.16. The van der Waals surface area contributed by atoms with Crippen molar-refractivity contribution in [3.05, 3.63) is 81.9 Å². The maximum Gasteiger partial charge on any atom is 0.187 e. The lowest BCUT2D eigenvalue weighted by Gasteiger charge is -2.30. The monoisotopic (exact) mass is 418 g/mol. The molecule has 0 radical (unpaired) electrons. The van der Waals surface area contributed by atoms with Crippen molar-refractivity contribution < 1.29 is 22.4 Å². The topological polar surface area (TPSA) is 23.6 Å². The Hall–Kier alpha value is -2.77. The zero-order valence-electron chi connectivity index (χ0n) is 16.8. The van der Waals surface area contributed by atoms with Crippen LogP contribution in [0.4, 0.5) is 17.6 Å². The first-order valence-corrected chi connectivity index (χ1v) is 9.46. The van der Waals surface area contributed by atoms with Crippen LogP contribution in [0.2, 0.25) is 0 Å². The molecule has 158 valence electrons. The van der Waals surface area contributed by atoms with Crippen LogP contribution in [0.25, 0.3) is 12.2 Å². The van der Waals surface area contributed by atoms with Crippen LogP contribution < -0.4 is 0 Å². The quantitative estimate of drug-likeness (QED) is 0.538. The van der Waals surface area contributed by atoms with Gasteiger partial charge in [0.05, 0.1) is 0 Å². The van der Waals surface area contributed by atoms with Crippen molar-refractivity contribution in [1.29, 1.82) is 0 Å². The van der Waals surface area contributed by atoms with Gasteiger partial charge < -0.3 is 4.90 Å². The number of hydrogen-bond acceptors (Lipinski definition) is 3. The minimum absolute atomic E-state index is 0.259. The number of nitrogens with zero attached hydrogens (tertiary/aromatic N) is 2. The summed E-state index contributed by atoms with van der Waals surface area (Å²) in [7, 11) is 3.87. The maximum absolute atomic E-state index is 13.6. The first kappa shape index (κ1) is 21.9. The average Bonchev–Trinajstić information content (AvgIpc) is 2.69. The van der Waals surface area contributed by atoms with Gasteiger partial charge in [-0.25, -0.2) is 17.6 Å². The minimum Gasteiger partial charge on any atom is -0.308 e. The van der Waals surface area contributed by atoms with E-state index in [9.17, 15) is 22.4 Å². The van der Waals surface area contributed by atoms with Gasteiger partial charge in [-0.05, 0) is 61.6 Å². The molecule has 0 N–H and O–H groups in total. The van der Waals surface area contributed by atoms with Gasteiger partial charge in [-0.15, -0.1) is 0 Å². The van der Waals surface area contributed by atoms with E-state index in [0.29, 0.717) is 41.9 Å². The largest absolute Gasteiger partial charge is 0.308 e. The van der Waals surface area contributed by atoms with Crippen molar-refractivity contribution >= 4 is 17.9 Å². The van der Waals surface area contributed by atoms with E-state index in [4.69, 9.17) is 0 Å². The Bertz CT molecular complexity index is 941. The van der Waals surface area contributed by atoms with Crippen LogP contribution in [-0.2, 0) is 4.79 Å². The number of likely N-dealkylation sites (tertiary alicyclic amines) is 1. The number of halogens is 4. The summed E-state index contributed by atoms with van der Waals surface area (Å²) < 4.78 is 53.6. The van der Waals surface area contributed by atoms with Gasteiger partial charge >= 0.3 is 0 Å². The van der Waals surface area contributed by atoms with Crippen LogP contribution in [0, 0.1) is 23.3 Å². The number of hydrogen-bond donors (Lipinski definition) is 0. The van der Waals surface area contributed by atoms with Gasteiger partial charge in [0.15, 0.2) is 29.1 Å². The van der Waals surface area contributed by atoms with E-state index >= 15 is 0 Å². The van der Waals surface area contributed by atoms with Crippen LogP contribution in [0.15, 0.2) is 47.5 Å². The Morgan fingerprint density at radius 1 is 0.833 bits per heavy atom. The number of ketones is 1. The number of carbonyl (C=O) groups is 1. The fourth-order valence-electron chi connectivity index (χ4n) is 3.22. The number of likely N-dealkylation sites (N-methyl/N-ethyl adjacent to an activating group) is 1. The molecule has 0 aliphatic carbocycles. The molecule has 7 heteroatoms. The molecular weight excluding hydrogens is 396 g/mol. The maximum atomic E-state index is 13.6. The van der Waals surface area contributed by atoms with Crippen LogP contribution in [0.1, 0.15) is 11.1 Å². The van der Waals surface area contributed by atoms with E-state index < -0.39 is 23.3 Å². The van der Waals surface area contributed by atoms with Crippen LogP contribution in [0.3, 0.4) is 0 Å². The smallest absolute Gasteiger partial charge is 0.187 e. The Labute approximate surface area is 172 Å². The molecule has 30 heavy (non-hydrogen) atoms. The molecule has 2 aromatic carbocycles. The highest BCUT2D eigenvalue weighted by molar-refractivity contribution is 6.14. The Morgan fingerprint density at radius 2 is 1.30 bits per heavy atom. The second-order valence-electron chi connectivity index (χ2n) is 7.53. The summed E-state index contributed by atoms with van der Waals surface area (Å²) in [5.74, 6) is -4.16. The number of rotatable bonds is 5. The molecule has 1 heterocycles. The average molecular weight is 418 g/mol. The van der Waals surface area contributed by atoms with Gasteiger partial charge in [0.2, 0.25) is 0 Å². The number of piperidine rings is 1. The molecule has 0 spiro atoms. The van der Waals surface area contributed by atoms with Crippen molar-refractivity contribution in [2.75, 3.05) is 40.3 Å². The first-order chi connectivity index (χ1) is 14.2. The summed E-state index contributed by atoms with van der Waals surface area (Å²) in [5.41, 5.74) is 1.58. The number of benzene rings is 2. The van der Waals surface area contributed by atoms with E-state index in [2.05, 4.69) is 0 Å². The van der Waals surface area contributed by atoms with Crippen molar-refractivity contribution in [2.45, 2.75) is 0 Å². The molecule has 0 bridgehead atoms. The lowest BCUT2D eigenvalue weighted by atomic mass is 9.94. The van der Waals surface area contributed by atoms with Crippen LogP contribution >= 0.6 is 0 Å². The molecule has 0 unspecified atom stereocenters. The third-order valence-corrected chi connectivity index (χ3v) is 4.80. The second kappa shape index (κ2) is 9.36. The normalized spacial score (nSPS) is 18.0. The zero-order valence-corrected chi connectivity index (χ0v) is 16.8. The highest BCUT2D eigenvalue weighted by atomic mass is 19.2. The molecule has 1 fully saturated rings. The summed E-state index contributed by atoms with van der Waals surface area (Å²) in [6.45, 7) is 2.12. The van der Waals surface area contributed by atoms with Crippen molar-refractivity contribution in [1.82, 2.24) is 9.80 Å². The van der Waals surface area contributed by atoms with Gasteiger partial charge in [-0.1, -0.05) is 12.1 Å². The molecule has 1 aliphatic rings. The molecular formula is C23H22F4N2O. The fourth-order valence-corrected chi connectivity index (χ4v) is 3.22. The first-order valence-electron chi connectivity index (χ1n) is 9.46. The molecule has 0 aromatic heterocycles. The van der Waals surface area contributed by atoms with Gasteiger partial charge in [0, 0.05) is 37.3 Å². The third kappa shape index (κ3) is 5.43. The SMILES string of the molecule is CN(C)CCN1CC(=Cc2ccc(F)c(F)c2)C(=O)C(=Cc2ccc(F)c(F)c2)C1. The van der Waals surface area contributed by atoms with Gasteiger partial charge in [0.1, 0.15) is 0 Å². The summed E-state index contributed by atoms with van der Waals surface area (Å²) in [6, 6.07) is 6.89. The molecule has 1 aliphatic heterocycles. The third-order valence-electron chi connectivity index (χ3n) is 4.80. The fraction of sp³-hybridized carbons (Fsp3) is 0.261. The van der Waals surface area contributed by atoms with E-state index in [1.165, 1.54) is 24.3 Å². The highest BCUT2D eigenvalue weighted by Crippen LogP contribution is 2.23. The van der Waals surface area contributed by atoms with Gasteiger partial charge in [0.25, 0.3) is 0 Å². The molecule has 3 nitrogen and oxygen atoms in total. The standard InChI is InChI=1S/C23H22F4N2O/c1-28(2)7-8-29-13-17(9-15-3-5-19(24)21(26)11-15)23(30)18(14-29)10-16-4-6-20(25)22(27)12-16/h3-6,9-12H,7-8,13-14H2,1-2H3. The van der Waals surface area contributed by atoms with Crippen molar-refractivity contribution in [3.8, 4) is 0 Å². The van der Waals surface area contributed by atoms with Crippen molar-refractivity contribution in [2.24, 2.45) is 0 Å². The molecule has 0 atom stereocenters. The summed E-state index contributed by atoms with van der Waals surface area (Å²) in [6.07, 6.45) is 3.07. The molecule has 0 saturated carbocycles. The highest BCUT2D eigenvalue weighted by Gasteiger charge is 2.26. The molecule has 0 amide bonds. The van der Waals surface area contributed by atoms with E-state index in [-0.39, 0.29) is 5.78 Å². The predicted molar refractivity (Wildman–Crippen MR) is 109 cm³/mol. The lowest BCUT2D eigenvalue weighted by molar-refractivity contribution is -0.113. The molecule has 1 saturated heterocycles. The van der Waals surface area contributed by atoms with Gasteiger partial charge in [-0.3, -0.25) is 9.69 Å². The van der Waals surface area contributed by atoms with Crippen LogP contribution in [-0.4, -0.2) is 55.9 Å². The van der Waals surface area contributed by atoms with E-state index in [0.717, 1.165) is 30.8 Å². The minimum atomic E-state index is -0.991. The Balaban J connectivity index is 1.95. The van der Waals surface area contributed by atoms with E-state index in [1.54, 1.807) is 0 Å². The Morgan fingerprint density at radius 3 is 1.70 bits per heavy atom. The lowest BCUT2D eigenvalue weighted by Crippen LogP contribution is -2.41. The molecule has 2 aromatic rings. The Kier molecular flexibility index (Phi) is 6.84. The molecule has 3 rings (SSSR count).